The van der Waals surface area contributed by atoms with Gasteiger partial charge in [0.25, 0.3) is 5.91 Å². The summed E-state index contributed by atoms with van der Waals surface area (Å²) in [5.74, 6) is -0.745. The molecule has 98 valence electrons. The number of esters is 1. The van der Waals surface area contributed by atoms with Crippen LogP contribution in [0.3, 0.4) is 0 Å². The van der Waals surface area contributed by atoms with Crippen molar-refractivity contribution in [1.29, 1.82) is 0 Å². The molecule has 1 amide bonds. The summed E-state index contributed by atoms with van der Waals surface area (Å²) in [5, 5.41) is 0. The number of aryl methyl sites for hydroxylation is 1. The summed E-state index contributed by atoms with van der Waals surface area (Å²) >= 11 is 0. The van der Waals surface area contributed by atoms with Crippen molar-refractivity contribution in [2.75, 3.05) is 19.7 Å². The van der Waals surface area contributed by atoms with E-state index in [4.69, 9.17) is 4.74 Å². The van der Waals surface area contributed by atoms with Crippen LogP contribution in [-0.4, -0.2) is 46.4 Å². The van der Waals surface area contributed by atoms with Gasteiger partial charge in [0.1, 0.15) is 12.2 Å². The Balaban J connectivity index is 2.73. The smallest absolute Gasteiger partial charge is 0.325 e. The van der Waals surface area contributed by atoms with E-state index < -0.39 is 5.97 Å². The fourth-order valence-electron chi connectivity index (χ4n) is 1.35. The molecule has 0 aliphatic heterocycles. The summed E-state index contributed by atoms with van der Waals surface area (Å²) in [6.45, 7) is 5.94. The van der Waals surface area contributed by atoms with Gasteiger partial charge in [-0.2, -0.15) is 0 Å². The van der Waals surface area contributed by atoms with E-state index in [9.17, 15) is 9.59 Å². The summed E-state index contributed by atoms with van der Waals surface area (Å²) in [6, 6.07) is 0. The highest BCUT2D eigenvalue weighted by molar-refractivity contribution is 5.94. The lowest BCUT2D eigenvalue weighted by Gasteiger charge is -2.18. The Bertz CT molecular complexity index is 417. The normalized spacial score (nSPS) is 9.94. The molecule has 0 saturated heterocycles. The highest BCUT2D eigenvalue weighted by atomic mass is 16.5. The quantitative estimate of drug-likeness (QED) is 0.724. The van der Waals surface area contributed by atoms with Crippen LogP contribution in [0, 0.1) is 6.92 Å². The van der Waals surface area contributed by atoms with Gasteiger partial charge in [-0.05, 0) is 20.8 Å². The van der Waals surface area contributed by atoms with E-state index in [1.807, 2.05) is 0 Å². The van der Waals surface area contributed by atoms with E-state index in [2.05, 4.69) is 9.97 Å². The molecule has 18 heavy (non-hydrogen) atoms. The van der Waals surface area contributed by atoms with Crippen molar-refractivity contribution in [2.24, 2.45) is 0 Å². The second kappa shape index (κ2) is 6.68. The lowest BCUT2D eigenvalue weighted by molar-refractivity contribution is -0.143. The van der Waals surface area contributed by atoms with Crippen molar-refractivity contribution in [2.45, 2.75) is 20.8 Å². The van der Waals surface area contributed by atoms with Gasteiger partial charge >= 0.3 is 5.97 Å². The minimum atomic E-state index is -0.423. The molecule has 1 rings (SSSR count). The van der Waals surface area contributed by atoms with Gasteiger partial charge in [0.2, 0.25) is 0 Å². The van der Waals surface area contributed by atoms with Crippen molar-refractivity contribution in [3.8, 4) is 0 Å². The third-order valence-corrected chi connectivity index (χ3v) is 2.29. The molecule has 0 radical (unpaired) electrons. The number of ether oxygens (including phenoxy) is 1. The average Bonchev–Trinajstić information content (AvgIpc) is 2.36. The summed E-state index contributed by atoms with van der Waals surface area (Å²) in [6.07, 6.45) is 2.93. The molecule has 1 heterocycles. The molecule has 0 N–H and O–H groups in total. The Morgan fingerprint density at radius 2 is 2.00 bits per heavy atom. The Kier molecular flexibility index (Phi) is 5.23. The van der Waals surface area contributed by atoms with Gasteiger partial charge in [-0.15, -0.1) is 0 Å². The van der Waals surface area contributed by atoms with Crippen LogP contribution >= 0.6 is 0 Å². The molecule has 0 aliphatic carbocycles. The fraction of sp³-hybridized carbons (Fsp3) is 0.500. The van der Waals surface area contributed by atoms with Crippen LogP contribution in [0.5, 0.6) is 0 Å². The first-order valence-corrected chi connectivity index (χ1v) is 5.82. The number of carbonyl (C=O) groups excluding carboxylic acids is 2. The number of nitrogens with zero attached hydrogens (tertiary/aromatic N) is 3. The molecule has 0 bridgehead atoms. The number of likely N-dealkylation sites (N-methyl/N-ethyl adjacent to an activating group) is 1. The maximum Gasteiger partial charge on any atom is 0.325 e. The molecule has 0 unspecified atom stereocenters. The van der Waals surface area contributed by atoms with Crippen LogP contribution in [0.1, 0.15) is 30.0 Å². The Morgan fingerprint density at radius 3 is 2.50 bits per heavy atom. The summed E-state index contributed by atoms with van der Waals surface area (Å²) in [4.78, 5) is 32.8. The molecule has 0 saturated carbocycles. The number of carbonyl (C=O) groups is 2. The van der Waals surface area contributed by atoms with Gasteiger partial charge in [-0.3, -0.25) is 14.6 Å². The van der Waals surface area contributed by atoms with E-state index in [0.717, 1.165) is 5.69 Å². The van der Waals surface area contributed by atoms with Crippen LogP contribution < -0.4 is 0 Å². The highest BCUT2D eigenvalue weighted by Gasteiger charge is 2.19. The molecule has 0 aliphatic rings. The van der Waals surface area contributed by atoms with Crippen molar-refractivity contribution in [1.82, 2.24) is 14.9 Å². The monoisotopic (exact) mass is 251 g/mol. The molecule has 0 aromatic carbocycles. The first kappa shape index (κ1) is 14.1. The zero-order valence-corrected chi connectivity index (χ0v) is 10.8. The minimum Gasteiger partial charge on any atom is -0.465 e. The first-order chi connectivity index (χ1) is 8.58. The number of amides is 1. The van der Waals surface area contributed by atoms with Crippen molar-refractivity contribution in [3.63, 3.8) is 0 Å². The third-order valence-electron chi connectivity index (χ3n) is 2.29. The highest BCUT2D eigenvalue weighted by Crippen LogP contribution is 2.01. The molecule has 1 aromatic heterocycles. The topological polar surface area (TPSA) is 72.4 Å². The lowest BCUT2D eigenvalue weighted by atomic mass is 10.3. The molecule has 1 aromatic rings. The predicted octanol–water partition coefficient (Wildman–Crippen LogP) is 0.810. The van der Waals surface area contributed by atoms with Gasteiger partial charge in [0.15, 0.2) is 0 Å². The standard InChI is InChI=1S/C12H17N3O3/c1-4-15(8-11(16)18-5-2)12(17)10-7-13-9(3)6-14-10/h6-7H,4-5,8H2,1-3H3. The molecular weight excluding hydrogens is 234 g/mol. The SMILES string of the molecule is CCOC(=O)CN(CC)C(=O)c1cnc(C)cn1. The number of hydrogen-bond donors (Lipinski definition) is 0. The van der Waals surface area contributed by atoms with Gasteiger partial charge in [-0.1, -0.05) is 0 Å². The van der Waals surface area contributed by atoms with E-state index in [-0.39, 0.29) is 18.1 Å². The molecule has 0 fully saturated rings. The minimum absolute atomic E-state index is 0.0707. The lowest BCUT2D eigenvalue weighted by Crippen LogP contribution is -2.36. The van der Waals surface area contributed by atoms with E-state index in [1.165, 1.54) is 17.3 Å². The van der Waals surface area contributed by atoms with E-state index in [1.54, 1.807) is 20.8 Å². The van der Waals surface area contributed by atoms with Crippen LogP contribution in [0.25, 0.3) is 0 Å². The largest absolute Gasteiger partial charge is 0.465 e. The summed E-state index contributed by atoms with van der Waals surface area (Å²) < 4.78 is 4.81. The Labute approximate surface area is 106 Å². The molecule has 0 atom stereocenters. The van der Waals surface area contributed by atoms with Crippen LogP contribution in [0.15, 0.2) is 12.4 Å². The predicted molar refractivity (Wildman–Crippen MR) is 65.0 cm³/mol. The Hall–Kier alpha value is -1.98. The van der Waals surface area contributed by atoms with Gasteiger partial charge in [0, 0.05) is 12.7 Å². The molecule has 6 heteroatoms. The second-order valence-electron chi connectivity index (χ2n) is 3.67. The molecule has 6 nitrogen and oxygen atoms in total. The number of hydrogen-bond acceptors (Lipinski definition) is 5. The van der Waals surface area contributed by atoms with Crippen LogP contribution in [-0.2, 0) is 9.53 Å². The van der Waals surface area contributed by atoms with Crippen LogP contribution in [0.4, 0.5) is 0 Å². The number of aromatic nitrogens is 2. The second-order valence-corrected chi connectivity index (χ2v) is 3.67. The zero-order valence-electron chi connectivity index (χ0n) is 10.8. The van der Waals surface area contributed by atoms with Crippen molar-refractivity contribution < 1.29 is 14.3 Å². The van der Waals surface area contributed by atoms with Gasteiger partial charge in [-0.25, -0.2) is 4.98 Å². The average molecular weight is 251 g/mol. The first-order valence-electron chi connectivity index (χ1n) is 5.82. The van der Waals surface area contributed by atoms with Crippen LogP contribution in [0.2, 0.25) is 0 Å². The fourth-order valence-corrected chi connectivity index (χ4v) is 1.35. The summed E-state index contributed by atoms with van der Waals surface area (Å²) in [7, 11) is 0. The van der Waals surface area contributed by atoms with Gasteiger partial charge in [0.05, 0.1) is 18.5 Å². The zero-order chi connectivity index (χ0) is 13.5. The van der Waals surface area contributed by atoms with Crippen molar-refractivity contribution in [3.05, 3.63) is 23.8 Å². The summed E-state index contributed by atoms with van der Waals surface area (Å²) in [5.41, 5.74) is 0.965. The maximum absolute atomic E-state index is 12.0. The number of rotatable bonds is 5. The van der Waals surface area contributed by atoms with E-state index >= 15 is 0 Å². The van der Waals surface area contributed by atoms with Gasteiger partial charge < -0.3 is 9.64 Å². The Morgan fingerprint density at radius 1 is 1.28 bits per heavy atom. The third kappa shape index (κ3) is 3.80. The van der Waals surface area contributed by atoms with Crippen molar-refractivity contribution >= 4 is 11.9 Å². The molecular formula is C12H17N3O3. The maximum atomic E-state index is 12.0. The molecule has 0 spiro atoms. The van der Waals surface area contributed by atoms with E-state index in [0.29, 0.717) is 13.2 Å².